The second kappa shape index (κ2) is 4.58. The lowest BCUT2D eigenvalue weighted by atomic mass is 10.3. The van der Waals surface area contributed by atoms with Gasteiger partial charge in [0.25, 0.3) is 0 Å². The van der Waals surface area contributed by atoms with E-state index in [9.17, 15) is 4.79 Å². The van der Waals surface area contributed by atoms with Gasteiger partial charge in [0.2, 0.25) is 0 Å². The molecule has 0 radical (unpaired) electrons. The van der Waals surface area contributed by atoms with Crippen LogP contribution in [0.1, 0.15) is 6.42 Å². The van der Waals surface area contributed by atoms with Gasteiger partial charge >= 0.3 is 6.09 Å². The van der Waals surface area contributed by atoms with Gasteiger partial charge in [0.1, 0.15) is 6.10 Å². The van der Waals surface area contributed by atoms with Gasteiger partial charge in [-0.25, -0.2) is 4.79 Å². The van der Waals surface area contributed by atoms with Crippen molar-refractivity contribution in [3.8, 4) is 6.07 Å². The molecule has 0 aliphatic carbocycles. The number of carbonyl (C=O) groups is 1. The van der Waals surface area contributed by atoms with Gasteiger partial charge in [-0.3, -0.25) is 0 Å². The standard InChI is InChI=1S/C5H8N2O3/c6-2-1-4(3-8)10-5(7)9/h4,8H,1,3H2,(H2,7,9). The van der Waals surface area contributed by atoms with Crippen LogP contribution in [0.15, 0.2) is 0 Å². The van der Waals surface area contributed by atoms with E-state index in [-0.39, 0.29) is 13.0 Å². The number of rotatable bonds is 3. The molecule has 1 atom stereocenters. The molecule has 5 nitrogen and oxygen atoms in total. The van der Waals surface area contributed by atoms with E-state index in [4.69, 9.17) is 10.4 Å². The molecule has 3 N–H and O–H groups in total. The predicted octanol–water partition coefficient (Wildman–Crippen LogP) is -0.644. The molecule has 0 heterocycles. The average molecular weight is 144 g/mol. The Kier molecular flexibility index (Phi) is 4.00. The van der Waals surface area contributed by atoms with Crippen molar-refractivity contribution in [1.82, 2.24) is 0 Å². The number of ether oxygens (including phenoxy) is 1. The minimum Gasteiger partial charge on any atom is -0.443 e. The number of nitriles is 1. The first-order chi connectivity index (χ1) is 4.70. The summed E-state index contributed by atoms with van der Waals surface area (Å²) in [4.78, 5) is 10.0. The quantitative estimate of drug-likeness (QED) is 0.550. The molecular formula is C5H8N2O3. The van der Waals surface area contributed by atoms with Crippen LogP contribution in [0.5, 0.6) is 0 Å². The molecule has 0 aromatic carbocycles. The summed E-state index contributed by atoms with van der Waals surface area (Å²) in [7, 11) is 0. The van der Waals surface area contributed by atoms with Crippen LogP contribution < -0.4 is 5.73 Å². The summed E-state index contributed by atoms with van der Waals surface area (Å²) in [5, 5.41) is 16.5. The van der Waals surface area contributed by atoms with E-state index in [1.165, 1.54) is 0 Å². The van der Waals surface area contributed by atoms with Crippen LogP contribution in [0.25, 0.3) is 0 Å². The summed E-state index contributed by atoms with van der Waals surface area (Å²) in [6, 6.07) is 1.73. The van der Waals surface area contributed by atoms with Crippen LogP contribution in [0.2, 0.25) is 0 Å². The smallest absolute Gasteiger partial charge is 0.404 e. The second-order valence-corrected chi connectivity index (χ2v) is 1.60. The monoisotopic (exact) mass is 144 g/mol. The SMILES string of the molecule is N#CCC(CO)OC(N)=O. The van der Waals surface area contributed by atoms with E-state index < -0.39 is 12.2 Å². The minimum atomic E-state index is -0.977. The first-order valence-electron chi connectivity index (χ1n) is 2.64. The van der Waals surface area contributed by atoms with E-state index >= 15 is 0 Å². The third-order valence-corrected chi connectivity index (χ3v) is 0.805. The number of carbonyl (C=O) groups excluding carboxylic acids is 1. The predicted molar refractivity (Wildman–Crippen MR) is 31.8 cm³/mol. The van der Waals surface area contributed by atoms with Gasteiger partial charge in [-0.15, -0.1) is 0 Å². The fraction of sp³-hybridized carbons (Fsp3) is 0.600. The fourth-order valence-corrected chi connectivity index (χ4v) is 0.410. The second-order valence-electron chi connectivity index (χ2n) is 1.60. The molecule has 0 aliphatic rings. The molecule has 0 rings (SSSR count). The number of nitrogens with zero attached hydrogens (tertiary/aromatic N) is 1. The van der Waals surface area contributed by atoms with E-state index in [1.54, 1.807) is 6.07 Å². The lowest BCUT2D eigenvalue weighted by Gasteiger charge is -2.08. The maximum atomic E-state index is 10.0. The van der Waals surface area contributed by atoms with Crippen LogP contribution in [-0.2, 0) is 4.74 Å². The van der Waals surface area contributed by atoms with Gasteiger partial charge in [0, 0.05) is 0 Å². The van der Waals surface area contributed by atoms with Crippen molar-refractivity contribution in [3.05, 3.63) is 0 Å². The summed E-state index contributed by atoms with van der Waals surface area (Å²) >= 11 is 0. The van der Waals surface area contributed by atoms with Crippen molar-refractivity contribution >= 4 is 6.09 Å². The van der Waals surface area contributed by atoms with Crippen molar-refractivity contribution in [3.63, 3.8) is 0 Å². The number of hydrogen-bond acceptors (Lipinski definition) is 4. The molecule has 0 saturated heterocycles. The maximum Gasteiger partial charge on any atom is 0.404 e. The summed E-state index contributed by atoms with van der Waals surface area (Å²) in [5.41, 5.74) is 4.62. The third-order valence-electron chi connectivity index (χ3n) is 0.805. The van der Waals surface area contributed by atoms with Crippen LogP contribution in [0.3, 0.4) is 0 Å². The highest BCUT2D eigenvalue weighted by atomic mass is 16.6. The first kappa shape index (κ1) is 8.72. The molecule has 10 heavy (non-hydrogen) atoms. The Labute approximate surface area is 58.0 Å². The van der Waals surface area contributed by atoms with Gasteiger partial charge in [0.15, 0.2) is 0 Å². The zero-order valence-electron chi connectivity index (χ0n) is 5.28. The molecule has 1 amide bonds. The average Bonchev–Trinajstić information content (AvgIpc) is 1.86. The highest BCUT2D eigenvalue weighted by molar-refractivity contribution is 5.64. The Balaban J connectivity index is 3.62. The zero-order valence-corrected chi connectivity index (χ0v) is 5.28. The number of primary amides is 1. The lowest BCUT2D eigenvalue weighted by molar-refractivity contribution is 0.0664. The molecule has 0 saturated carbocycles. The van der Waals surface area contributed by atoms with Crippen molar-refractivity contribution in [1.29, 1.82) is 5.26 Å². The minimum absolute atomic E-state index is 0.0422. The highest BCUT2D eigenvalue weighted by Crippen LogP contribution is 1.94. The summed E-state index contributed by atoms with van der Waals surface area (Å²) in [6.07, 6.45) is -1.81. The van der Waals surface area contributed by atoms with Crippen molar-refractivity contribution in [2.45, 2.75) is 12.5 Å². The van der Waals surface area contributed by atoms with Crippen molar-refractivity contribution in [2.24, 2.45) is 5.73 Å². The Morgan fingerprint density at radius 1 is 1.90 bits per heavy atom. The number of aliphatic hydroxyl groups excluding tert-OH is 1. The van der Waals surface area contributed by atoms with E-state index in [1.807, 2.05) is 0 Å². The first-order valence-corrected chi connectivity index (χ1v) is 2.64. The van der Waals surface area contributed by atoms with Gasteiger partial charge in [-0.2, -0.15) is 5.26 Å². The normalized spacial score (nSPS) is 11.6. The molecule has 5 heteroatoms. The zero-order chi connectivity index (χ0) is 7.98. The van der Waals surface area contributed by atoms with Crippen molar-refractivity contribution in [2.75, 3.05) is 6.61 Å². The third kappa shape index (κ3) is 3.69. The lowest BCUT2D eigenvalue weighted by Crippen LogP contribution is -2.25. The Hall–Kier alpha value is -1.28. The van der Waals surface area contributed by atoms with Crippen LogP contribution in [0, 0.1) is 11.3 Å². The number of amides is 1. The molecule has 56 valence electrons. The molecule has 1 unspecified atom stereocenters. The van der Waals surface area contributed by atoms with Gasteiger partial charge in [-0.1, -0.05) is 0 Å². The van der Waals surface area contributed by atoms with E-state index in [0.717, 1.165) is 0 Å². The fourth-order valence-electron chi connectivity index (χ4n) is 0.410. The maximum absolute atomic E-state index is 10.0. The van der Waals surface area contributed by atoms with Crippen LogP contribution >= 0.6 is 0 Å². The van der Waals surface area contributed by atoms with Crippen LogP contribution in [-0.4, -0.2) is 23.9 Å². The van der Waals surface area contributed by atoms with Crippen LogP contribution in [0.4, 0.5) is 4.79 Å². The summed E-state index contributed by atoms with van der Waals surface area (Å²) in [6.45, 7) is -0.378. The van der Waals surface area contributed by atoms with Gasteiger partial charge in [-0.05, 0) is 0 Å². The number of nitrogens with two attached hydrogens (primary N) is 1. The molecule has 0 aliphatic heterocycles. The highest BCUT2D eigenvalue weighted by Gasteiger charge is 2.09. The van der Waals surface area contributed by atoms with Gasteiger partial charge < -0.3 is 15.6 Å². The largest absolute Gasteiger partial charge is 0.443 e. The van der Waals surface area contributed by atoms with Gasteiger partial charge in [0.05, 0.1) is 19.1 Å². The van der Waals surface area contributed by atoms with E-state index in [2.05, 4.69) is 10.5 Å². The Morgan fingerprint density at radius 3 is 2.80 bits per heavy atom. The van der Waals surface area contributed by atoms with E-state index in [0.29, 0.717) is 0 Å². The Bertz CT molecular complexity index is 151. The summed E-state index contributed by atoms with van der Waals surface area (Å²) < 4.78 is 4.31. The Morgan fingerprint density at radius 2 is 2.50 bits per heavy atom. The molecule has 0 bridgehead atoms. The molecule has 0 fully saturated rings. The summed E-state index contributed by atoms with van der Waals surface area (Å²) in [5.74, 6) is 0. The van der Waals surface area contributed by atoms with Crippen molar-refractivity contribution < 1.29 is 14.6 Å². The topological polar surface area (TPSA) is 96.3 Å². The molecule has 0 aromatic rings. The number of hydrogen-bond donors (Lipinski definition) is 2. The molecule has 0 aromatic heterocycles. The number of aliphatic hydroxyl groups is 1. The molecular weight excluding hydrogens is 136 g/mol. The molecule has 0 spiro atoms.